The fourth-order valence-corrected chi connectivity index (χ4v) is 4.81. The number of nitrogens with zero attached hydrogens (tertiary/aromatic N) is 1. The molecule has 1 heterocycles. The van der Waals surface area contributed by atoms with Gasteiger partial charge < -0.3 is 4.42 Å². The number of rotatable bonds is 3. The Bertz CT molecular complexity index is 1150. The monoisotopic (exact) mass is 381 g/mol. The van der Waals surface area contributed by atoms with Crippen LogP contribution in [0.4, 0.5) is 10.1 Å². The van der Waals surface area contributed by atoms with E-state index in [-0.39, 0.29) is 16.1 Å². The molecule has 6 nitrogen and oxygen atoms in total. The summed E-state index contributed by atoms with van der Waals surface area (Å²) in [7, 11) is -4.25. The number of aryl methyl sites for hydroxylation is 1. The van der Waals surface area contributed by atoms with E-state index in [0.29, 0.717) is 14.6 Å². The van der Waals surface area contributed by atoms with E-state index in [0.717, 1.165) is 36.5 Å². The molecular formula is C16H12FNO5S2. The van der Waals surface area contributed by atoms with Gasteiger partial charge in [0.25, 0.3) is 10.0 Å². The highest BCUT2D eigenvalue weighted by atomic mass is 32.2. The van der Waals surface area contributed by atoms with Gasteiger partial charge in [0, 0.05) is 6.92 Å². The summed E-state index contributed by atoms with van der Waals surface area (Å²) in [5, 5.41) is 0. The summed E-state index contributed by atoms with van der Waals surface area (Å²) in [6.45, 7) is 2.55. The van der Waals surface area contributed by atoms with E-state index < -0.39 is 26.7 Å². The largest absolute Gasteiger partial charge is 0.414 e. The van der Waals surface area contributed by atoms with Crippen LogP contribution in [0.25, 0.3) is 10.3 Å². The van der Waals surface area contributed by atoms with Crippen molar-refractivity contribution in [3.63, 3.8) is 0 Å². The summed E-state index contributed by atoms with van der Waals surface area (Å²) in [6, 6.07) is 7.40. The van der Waals surface area contributed by atoms with Gasteiger partial charge >= 0.3 is 4.94 Å². The first kappa shape index (κ1) is 17.3. The molecule has 25 heavy (non-hydrogen) atoms. The molecule has 9 heteroatoms. The molecule has 3 rings (SSSR count). The van der Waals surface area contributed by atoms with Crippen molar-refractivity contribution in [1.82, 2.24) is 0 Å². The number of hydrogen-bond acceptors (Lipinski definition) is 6. The third-order valence-electron chi connectivity index (χ3n) is 3.49. The Kier molecular flexibility index (Phi) is 4.21. The number of hydrogen-bond donors (Lipinski definition) is 0. The van der Waals surface area contributed by atoms with Gasteiger partial charge in [-0.1, -0.05) is 11.3 Å². The Balaban J connectivity index is 2.19. The van der Waals surface area contributed by atoms with Crippen LogP contribution < -0.4 is 9.24 Å². The maximum Gasteiger partial charge on any atom is 0.396 e. The zero-order valence-electron chi connectivity index (χ0n) is 13.1. The summed E-state index contributed by atoms with van der Waals surface area (Å²) in [5.41, 5.74) is 0.554. The van der Waals surface area contributed by atoms with Crippen molar-refractivity contribution < 1.29 is 22.0 Å². The van der Waals surface area contributed by atoms with Gasteiger partial charge in [0.05, 0.1) is 15.3 Å². The Hall–Kier alpha value is -2.52. The normalized spacial score (nSPS) is 11.6. The molecule has 0 saturated heterocycles. The molecule has 1 aromatic heterocycles. The molecule has 0 fully saturated rings. The summed E-state index contributed by atoms with van der Waals surface area (Å²) in [6.07, 6.45) is 0. The minimum absolute atomic E-state index is 0.0702. The predicted molar refractivity (Wildman–Crippen MR) is 91.8 cm³/mol. The molecule has 3 aromatic rings. The van der Waals surface area contributed by atoms with E-state index in [4.69, 9.17) is 4.42 Å². The number of fused-ring (bicyclic) bond motifs is 1. The minimum atomic E-state index is -4.25. The topological polar surface area (TPSA) is 84.7 Å². The molecule has 0 N–H and O–H groups in total. The molecule has 0 bridgehead atoms. The van der Waals surface area contributed by atoms with Crippen LogP contribution >= 0.6 is 11.3 Å². The van der Waals surface area contributed by atoms with Crippen molar-refractivity contribution in [3.8, 4) is 0 Å². The summed E-state index contributed by atoms with van der Waals surface area (Å²) in [5.74, 6) is -1.31. The van der Waals surface area contributed by atoms with E-state index in [1.165, 1.54) is 25.1 Å². The van der Waals surface area contributed by atoms with Crippen LogP contribution in [-0.2, 0) is 14.8 Å². The second-order valence-electron chi connectivity index (χ2n) is 5.28. The van der Waals surface area contributed by atoms with E-state index in [2.05, 4.69) is 0 Å². The van der Waals surface area contributed by atoms with Crippen LogP contribution in [0.15, 0.2) is 50.5 Å². The van der Waals surface area contributed by atoms with Crippen molar-refractivity contribution >= 4 is 43.2 Å². The Labute approximate surface area is 146 Å². The first-order valence-electron chi connectivity index (χ1n) is 7.06. The van der Waals surface area contributed by atoms with Gasteiger partial charge in [0.1, 0.15) is 11.4 Å². The maximum atomic E-state index is 13.3. The number of halogens is 1. The Morgan fingerprint density at radius 3 is 2.56 bits per heavy atom. The van der Waals surface area contributed by atoms with E-state index in [1.54, 1.807) is 0 Å². The average Bonchev–Trinajstić information content (AvgIpc) is 2.85. The number of benzene rings is 2. The lowest BCUT2D eigenvalue weighted by molar-refractivity contribution is -0.115. The predicted octanol–water partition coefficient (Wildman–Crippen LogP) is 3.04. The molecule has 0 unspecified atom stereocenters. The summed E-state index contributed by atoms with van der Waals surface area (Å²) < 4.78 is 45.2. The summed E-state index contributed by atoms with van der Waals surface area (Å²) in [4.78, 5) is 22.7. The van der Waals surface area contributed by atoms with Crippen molar-refractivity contribution in [2.24, 2.45) is 0 Å². The molecule has 0 aliphatic rings. The lowest BCUT2D eigenvalue weighted by Gasteiger charge is -2.22. The van der Waals surface area contributed by atoms with Crippen molar-refractivity contribution in [2.75, 3.05) is 4.31 Å². The van der Waals surface area contributed by atoms with Gasteiger partial charge in [-0.3, -0.25) is 4.79 Å². The quantitative estimate of drug-likeness (QED) is 0.696. The Morgan fingerprint density at radius 2 is 1.92 bits per heavy atom. The number of sulfonamides is 1. The highest BCUT2D eigenvalue weighted by molar-refractivity contribution is 7.93. The molecule has 0 radical (unpaired) electrons. The molecule has 0 aliphatic carbocycles. The van der Waals surface area contributed by atoms with Crippen molar-refractivity contribution in [1.29, 1.82) is 0 Å². The lowest BCUT2D eigenvalue weighted by atomic mass is 10.2. The molecule has 0 spiro atoms. The van der Waals surface area contributed by atoms with Crippen LogP contribution in [0.5, 0.6) is 0 Å². The van der Waals surface area contributed by atoms with E-state index in [9.17, 15) is 22.4 Å². The highest BCUT2D eigenvalue weighted by Crippen LogP contribution is 2.30. The van der Waals surface area contributed by atoms with Crippen molar-refractivity contribution in [3.05, 3.63) is 57.5 Å². The third-order valence-corrected chi connectivity index (χ3v) is 6.24. The van der Waals surface area contributed by atoms with Crippen LogP contribution in [0, 0.1) is 12.7 Å². The molecule has 0 saturated carbocycles. The van der Waals surface area contributed by atoms with Gasteiger partial charge in [-0.25, -0.2) is 21.9 Å². The second-order valence-corrected chi connectivity index (χ2v) is 8.02. The number of carbonyl (C=O) groups excluding carboxylic acids is 1. The van der Waals surface area contributed by atoms with Gasteiger partial charge in [0.15, 0.2) is 0 Å². The fraction of sp³-hybridized carbons (Fsp3) is 0.125. The zero-order valence-corrected chi connectivity index (χ0v) is 14.8. The first-order valence-corrected chi connectivity index (χ1v) is 9.31. The molecule has 0 aliphatic heterocycles. The first-order chi connectivity index (χ1) is 11.7. The third kappa shape index (κ3) is 3.08. The summed E-state index contributed by atoms with van der Waals surface area (Å²) >= 11 is 0.802. The highest BCUT2D eigenvalue weighted by Gasteiger charge is 2.30. The lowest BCUT2D eigenvalue weighted by Crippen LogP contribution is -2.35. The van der Waals surface area contributed by atoms with Crippen molar-refractivity contribution in [2.45, 2.75) is 18.7 Å². The van der Waals surface area contributed by atoms with E-state index in [1.807, 2.05) is 0 Å². The van der Waals surface area contributed by atoms with Gasteiger partial charge in [-0.05, 0) is 48.9 Å². The molecule has 2 aromatic carbocycles. The average molecular weight is 381 g/mol. The van der Waals surface area contributed by atoms with Gasteiger partial charge in [-0.15, -0.1) is 0 Å². The van der Waals surface area contributed by atoms with Crippen LogP contribution in [-0.4, -0.2) is 14.3 Å². The Morgan fingerprint density at radius 1 is 1.20 bits per heavy atom. The minimum Gasteiger partial charge on any atom is -0.414 e. The SMILES string of the molecule is CC(=O)N(c1ccc2oc(=O)sc2c1)S(=O)(=O)c1ccc(F)cc1C. The number of amides is 1. The number of anilines is 1. The zero-order chi connectivity index (χ0) is 18.4. The second kappa shape index (κ2) is 6.08. The van der Waals surface area contributed by atoms with E-state index >= 15 is 0 Å². The molecule has 1 amide bonds. The smallest absolute Gasteiger partial charge is 0.396 e. The van der Waals surface area contributed by atoms with Crippen LogP contribution in [0.2, 0.25) is 0 Å². The van der Waals surface area contributed by atoms with Crippen LogP contribution in [0.1, 0.15) is 12.5 Å². The van der Waals surface area contributed by atoms with Crippen LogP contribution in [0.3, 0.4) is 0 Å². The maximum absolute atomic E-state index is 13.3. The molecule has 0 atom stereocenters. The van der Waals surface area contributed by atoms with Gasteiger partial charge in [-0.2, -0.15) is 0 Å². The number of carbonyl (C=O) groups is 1. The fourth-order valence-electron chi connectivity index (χ4n) is 2.48. The molecular weight excluding hydrogens is 369 g/mol. The standard InChI is InChI=1S/C16H12FNO5S2/c1-9-7-11(17)3-6-15(9)25(21,22)18(10(2)19)12-4-5-13-14(8-12)24-16(20)23-13/h3-8H,1-2H3. The molecule has 130 valence electrons. The van der Waals surface area contributed by atoms with Gasteiger partial charge in [0.2, 0.25) is 5.91 Å².